The lowest BCUT2D eigenvalue weighted by Gasteiger charge is -1.99. The second-order valence-electron chi connectivity index (χ2n) is 2.88. The Hall–Kier alpha value is -1.68. The zero-order chi connectivity index (χ0) is 10.6. The number of nitrogens with zero attached hydrogens (tertiary/aromatic N) is 1. The minimum Gasteiger partial charge on any atom is -0.392 e. The van der Waals surface area contributed by atoms with E-state index >= 15 is 0 Å². The van der Waals surface area contributed by atoms with Crippen molar-refractivity contribution in [3.63, 3.8) is 0 Å². The largest absolute Gasteiger partial charge is 0.392 e. The van der Waals surface area contributed by atoms with Gasteiger partial charge in [-0.05, 0) is 18.1 Å². The molecule has 0 saturated heterocycles. The van der Waals surface area contributed by atoms with Gasteiger partial charge < -0.3 is 5.11 Å². The van der Waals surface area contributed by atoms with Crippen molar-refractivity contribution in [2.45, 2.75) is 6.92 Å². The van der Waals surface area contributed by atoms with Crippen molar-refractivity contribution in [2.24, 2.45) is 0 Å². The van der Waals surface area contributed by atoms with Gasteiger partial charge in [-0.1, -0.05) is 18.2 Å². The van der Waals surface area contributed by atoms with E-state index in [1.165, 1.54) is 12.1 Å². The molecule has 0 atom stereocenters. The van der Waals surface area contributed by atoms with Crippen LogP contribution < -0.4 is 0 Å². The molecule has 0 unspecified atom stereocenters. The molecule has 0 fully saturated rings. The van der Waals surface area contributed by atoms with E-state index in [1.807, 2.05) is 6.92 Å². The summed E-state index contributed by atoms with van der Waals surface area (Å²) in [5, 5.41) is 19.0. The number of rotatable bonds is 3. The molecule has 0 aromatic heterocycles. The van der Waals surface area contributed by atoms with Crippen LogP contribution in [0.3, 0.4) is 0 Å². The van der Waals surface area contributed by atoms with Gasteiger partial charge in [0.05, 0.1) is 11.5 Å². The lowest BCUT2D eigenvalue weighted by molar-refractivity contribution is -0.384. The average molecular weight is 193 g/mol. The molecule has 4 heteroatoms. The summed E-state index contributed by atoms with van der Waals surface area (Å²) in [6.45, 7) is 1.79. The second-order valence-corrected chi connectivity index (χ2v) is 2.88. The number of aliphatic hydroxyl groups excluding tert-OH is 1. The number of nitro benzene ring substituents is 1. The molecule has 0 spiro atoms. The van der Waals surface area contributed by atoms with E-state index in [0.29, 0.717) is 0 Å². The van der Waals surface area contributed by atoms with Crippen LogP contribution in [0.2, 0.25) is 0 Å². The van der Waals surface area contributed by atoms with Crippen LogP contribution in [0.4, 0.5) is 5.69 Å². The Labute approximate surface area is 81.6 Å². The Morgan fingerprint density at radius 3 is 2.86 bits per heavy atom. The molecule has 1 rings (SSSR count). The second kappa shape index (κ2) is 4.53. The standard InChI is InChI=1S/C10H11NO3/c1-8-4-5-10(11(13)14)7-9(8)3-2-6-12/h2-5,7,12H,6H2,1H3. The first-order chi connectivity index (χ1) is 6.65. The maximum atomic E-state index is 10.5. The van der Waals surface area contributed by atoms with Gasteiger partial charge in [0, 0.05) is 12.1 Å². The van der Waals surface area contributed by atoms with Gasteiger partial charge in [-0.3, -0.25) is 10.1 Å². The van der Waals surface area contributed by atoms with Crippen molar-refractivity contribution in [1.82, 2.24) is 0 Å². The topological polar surface area (TPSA) is 63.4 Å². The SMILES string of the molecule is Cc1ccc([N+](=O)[O-])cc1C=CCO. The molecule has 0 amide bonds. The Balaban J connectivity index is 3.08. The Bertz CT molecular complexity index is 372. The molecule has 0 aliphatic rings. The molecule has 0 bridgehead atoms. The molecule has 0 aliphatic carbocycles. The van der Waals surface area contributed by atoms with Gasteiger partial charge in [0.2, 0.25) is 0 Å². The van der Waals surface area contributed by atoms with E-state index < -0.39 is 4.92 Å². The number of nitro groups is 1. The maximum absolute atomic E-state index is 10.5. The van der Waals surface area contributed by atoms with Gasteiger partial charge in [-0.15, -0.1) is 0 Å². The summed E-state index contributed by atoms with van der Waals surface area (Å²) >= 11 is 0. The summed E-state index contributed by atoms with van der Waals surface area (Å²) in [5.41, 5.74) is 1.77. The highest BCUT2D eigenvalue weighted by molar-refractivity contribution is 5.57. The van der Waals surface area contributed by atoms with Crippen molar-refractivity contribution in [1.29, 1.82) is 0 Å². The van der Waals surface area contributed by atoms with Crippen molar-refractivity contribution in [3.05, 3.63) is 45.5 Å². The first kappa shape index (κ1) is 10.4. The lowest BCUT2D eigenvalue weighted by Crippen LogP contribution is -1.90. The fraction of sp³-hybridized carbons (Fsp3) is 0.200. The van der Waals surface area contributed by atoms with Crippen molar-refractivity contribution in [3.8, 4) is 0 Å². The number of benzene rings is 1. The molecule has 74 valence electrons. The van der Waals surface area contributed by atoms with Gasteiger partial charge in [-0.2, -0.15) is 0 Å². The van der Waals surface area contributed by atoms with Crippen LogP contribution in [-0.2, 0) is 0 Å². The lowest BCUT2D eigenvalue weighted by atomic mass is 10.1. The Morgan fingerprint density at radius 1 is 1.57 bits per heavy atom. The van der Waals surface area contributed by atoms with Gasteiger partial charge >= 0.3 is 0 Å². The number of aliphatic hydroxyl groups is 1. The summed E-state index contributed by atoms with van der Waals surface area (Å²) in [7, 11) is 0. The fourth-order valence-electron chi connectivity index (χ4n) is 1.10. The molecule has 4 nitrogen and oxygen atoms in total. The third-order valence-electron chi connectivity index (χ3n) is 1.88. The molecule has 0 heterocycles. The van der Waals surface area contributed by atoms with E-state index in [4.69, 9.17) is 5.11 Å². The van der Waals surface area contributed by atoms with Crippen LogP contribution in [0.5, 0.6) is 0 Å². The highest BCUT2D eigenvalue weighted by atomic mass is 16.6. The monoisotopic (exact) mass is 193 g/mol. The highest BCUT2D eigenvalue weighted by Crippen LogP contribution is 2.18. The molecule has 14 heavy (non-hydrogen) atoms. The Morgan fingerprint density at radius 2 is 2.29 bits per heavy atom. The molecule has 1 aromatic rings. The molecule has 0 aliphatic heterocycles. The fourth-order valence-corrected chi connectivity index (χ4v) is 1.10. The molecule has 1 N–H and O–H groups in total. The van der Waals surface area contributed by atoms with Crippen LogP contribution in [-0.4, -0.2) is 16.6 Å². The molecule has 0 saturated carbocycles. The average Bonchev–Trinajstić information content (AvgIpc) is 2.16. The van der Waals surface area contributed by atoms with Crippen LogP contribution in [0.1, 0.15) is 11.1 Å². The highest BCUT2D eigenvalue weighted by Gasteiger charge is 2.06. The number of non-ortho nitro benzene ring substituents is 1. The molecular formula is C10H11NO3. The molecule has 0 radical (unpaired) electrons. The van der Waals surface area contributed by atoms with Crippen LogP contribution >= 0.6 is 0 Å². The third kappa shape index (κ3) is 2.40. The first-order valence-corrected chi connectivity index (χ1v) is 4.17. The normalized spacial score (nSPS) is 10.7. The number of hydrogen-bond donors (Lipinski definition) is 1. The molecular weight excluding hydrogens is 182 g/mol. The smallest absolute Gasteiger partial charge is 0.270 e. The van der Waals surface area contributed by atoms with E-state index in [9.17, 15) is 10.1 Å². The number of hydrogen-bond acceptors (Lipinski definition) is 3. The minimum atomic E-state index is -0.435. The Kier molecular flexibility index (Phi) is 3.36. The van der Waals surface area contributed by atoms with Gasteiger partial charge in [0.15, 0.2) is 0 Å². The van der Waals surface area contributed by atoms with E-state index in [2.05, 4.69) is 0 Å². The van der Waals surface area contributed by atoms with E-state index in [-0.39, 0.29) is 12.3 Å². The van der Waals surface area contributed by atoms with Gasteiger partial charge in [0.25, 0.3) is 5.69 Å². The number of aryl methyl sites for hydroxylation is 1. The van der Waals surface area contributed by atoms with Gasteiger partial charge in [0.1, 0.15) is 0 Å². The van der Waals surface area contributed by atoms with Crippen molar-refractivity contribution in [2.75, 3.05) is 6.61 Å². The predicted molar refractivity (Wildman–Crippen MR) is 54.0 cm³/mol. The summed E-state index contributed by atoms with van der Waals surface area (Å²) in [6, 6.07) is 4.64. The van der Waals surface area contributed by atoms with Gasteiger partial charge in [-0.25, -0.2) is 0 Å². The van der Waals surface area contributed by atoms with Crippen molar-refractivity contribution < 1.29 is 10.0 Å². The summed E-state index contributed by atoms with van der Waals surface area (Å²) < 4.78 is 0. The maximum Gasteiger partial charge on any atom is 0.270 e. The van der Waals surface area contributed by atoms with Crippen LogP contribution in [0.15, 0.2) is 24.3 Å². The van der Waals surface area contributed by atoms with E-state index in [1.54, 1.807) is 18.2 Å². The van der Waals surface area contributed by atoms with Crippen LogP contribution in [0, 0.1) is 17.0 Å². The zero-order valence-electron chi connectivity index (χ0n) is 7.80. The predicted octanol–water partition coefficient (Wildman–Crippen LogP) is 1.91. The first-order valence-electron chi connectivity index (χ1n) is 4.17. The zero-order valence-corrected chi connectivity index (χ0v) is 7.80. The van der Waals surface area contributed by atoms with Crippen LogP contribution in [0.25, 0.3) is 6.08 Å². The third-order valence-corrected chi connectivity index (χ3v) is 1.88. The molecule has 1 aromatic carbocycles. The van der Waals surface area contributed by atoms with Crippen molar-refractivity contribution >= 4 is 11.8 Å². The summed E-state index contributed by atoms with van der Waals surface area (Å²) in [4.78, 5) is 10.0. The quantitative estimate of drug-likeness (QED) is 0.589. The minimum absolute atomic E-state index is 0.0631. The summed E-state index contributed by atoms with van der Waals surface area (Å²) in [5.74, 6) is 0. The summed E-state index contributed by atoms with van der Waals surface area (Å²) in [6.07, 6.45) is 3.22. The van der Waals surface area contributed by atoms with E-state index in [0.717, 1.165) is 11.1 Å².